The van der Waals surface area contributed by atoms with E-state index >= 15 is 0 Å². The minimum atomic E-state index is -4.21. The first-order valence-corrected chi connectivity index (χ1v) is 10.8. The summed E-state index contributed by atoms with van der Waals surface area (Å²) in [5.74, 6) is -2.28. The van der Waals surface area contributed by atoms with Crippen molar-refractivity contribution in [2.24, 2.45) is 0 Å². The van der Waals surface area contributed by atoms with E-state index in [1.165, 1.54) is 19.1 Å². The van der Waals surface area contributed by atoms with E-state index in [2.05, 4.69) is 10.2 Å². The Labute approximate surface area is 169 Å². The summed E-state index contributed by atoms with van der Waals surface area (Å²) in [5.41, 5.74) is -0.0447. The van der Waals surface area contributed by atoms with Gasteiger partial charge in [0, 0.05) is 25.6 Å². The van der Waals surface area contributed by atoms with Crippen LogP contribution in [-0.2, 0) is 26.3 Å². The van der Waals surface area contributed by atoms with E-state index in [0.717, 1.165) is 25.7 Å². The number of halogens is 1. The average molecular weight is 428 g/mol. The molecule has 3 rings (SSSR count). The van der Waals surface area contributed by atoms with E-state index in [9.17, 15) is 27.5 Å². The number of anilines is 1. The second-order valence-electron chi connectivity index (χ2n) is 7.60. The topological polar surface area (TPSA) is 119 Å². The maximum atomic E-state index is 14.6. The zero-order valence-corrected chi connectivity index (χ0v) is 17.1. The highest BCUT2D eigenvalue weighted by Gasteiger charge is 2.37. The standard InChI is InChI=1S/C18H25FN4O5S/c1-11(24)20-13-3-5-14(6-4-13)22(2)9-12-7-15(19)18(16(25)8-12)23-10-17(26)21-29(23,27)28/h7-8,13-14,25H,3-6,9-10H2,1-2H3,(H,20,24)(H,21,26)/t13-,14-. The molecule has 0 bridgehead atoms. The molecule has 11 heteroatoms. The molecule has 2 fully saturated rings. The van der Waals surface area contributed by atoms with Crippen molar-refractivity contribution in [3.8, 4) is 5.75 Å². The van der Waals surface area contributed by atoms with Crippen LogP contribution in [0.2, 0.25) is 0 Å². The SMILES string of the molecule is CC(=O)N[C@H]1CC[C@H](N(C)Cc2cc(O)c(N3CC(=O)NS3(=O)=O)c(F)c2)CC1. The van der Waals surface area contributed by atoms with Crippen LogP contribution in [0.25, 0.3) is 0 Å². The van der Waals surface area contributed by atoms with E-state index in [1.54, 1.807) is 4.72 Å². The Hall–Kier alpha value is -2.40. The summed E-state index contributed by atoms with van der Waals surface area (Å²) >= 11 is 0. The Morgan fingerprint density at radius 3 is 2.52 bits per heavy atom. The molecular weight excluding hydrogens is 403 g/mol. The fourth-order valence-corrected chi connectivity index (χ4v) is 5.16. The lowest BCUT2D eigenvalue weighted by Crippen LogP contribution is -2.41. The summed E-state index contributed by atoms with van der Waals surface area (Å²) in [4.78, 5) is 24.6. The molecule has 0 radical (unpaired) electrons. The monoisotopic (exact) mass is 428 g/mol. The van der Waals surface area contributed by atoms with Gasteiger partial charge in [0.05, 0.1) is 0 Å². The maximum absolute atomic E-state index is 14.6. The smallest absolute Gasteiger partial charge is 0.326 e. The van der Waals surface area contributed by atoms with Crippen LogP contribution >= 0.6 is 0 Å². The Morgan fingerprint density at radius 2 is 2.00 bits per heavy atom. The Balaban J connectivity index is 1.68. The van der Waals surface area contributed by atoms with Gasteiger partial charge in [-0.25, -0.2) is 13.4 Å². The molecule has 1 aromatic carbocycles. The van der Waals surface area contributed by atoms with Crippen LogP contribution in [0, 0.1) is 5.82 Å². The molecule has 160 valence electrons. The van der Waals surface area contributed by atoms with Gasteiger partial charge in [0.25, 0.3) is 5.91 Å². The van der Waals surface area contributed by atoms with Crippen LogP contribution in [-0.4, -0.2) is 55.9 Å². The van der Waals surface area contributed by atoms with Crippen LogP contribution in [0.1, 0.15) is 38.2 Å². The molecule has 0 aromatic heterocycles. The van der Waals surface area contributed by atoms with Crippen molar-refractivity contribution < 1.29 is 27.5 Å². The number of nitrogens with zero attached hydrogens (tertiary/aromatic N) is 2. The number of hydrogen-bond acceptors (Lipinski definition) is 6. The van der Waals surface area contributed by atoms with Gasteiger partial charge in [-0.15, -0.1) is 0 Å². The fraction of sp³-hybridized carbons (Fsp3) is 0.556. The quantitative estimate of drug-likeness (QED) is 0.632. The van der Waals surface area contributed by atoms with Gasteiger partial charge in [0.15, 0.2) is 5.82 Å². The summed E-state index contributed by atoms with van der Waals surface area (Å²) in [6, 6.07) is 2.92. The molecule has 9 nitrogen and oxygen atoms in total. The van der Waals surface area contributed by atoms with Crippen molar-refractivity contribution in [3.05, 3.63) is 23.5 Å². The summed E-state index contributed by atoms with van der Waals surface area (Å²) in [5, 5.41) is 13.2. The predicted molar refractivity (Wildman–Crippen MR) is 104 cm³/mol. The number of nitrogens with one attached hydrogen (secondary N) is 2. The summed E-state index contributed by atoms with van der Waals surface area (Å²) < 4.78 is 40.8. The van der Waals surface area contributed by atoms with Crippen LogP contribution in [0.15, 0.2) is 12.1 Å². The molecule has 1 aliphatic carbocycles. The van der Waals surface area contributed by atoms with E-state index in [4.69, 9.17) is 0 Å². The Morgan fingerprint density at radius 1 is 1.34 bits per heavy atom. The number of phenolic OH excluding ortho intramolecular Hbond substituents is 1. The molecular formula is C18H25FN4O5S. The van der Waals surface area contributed by atoms with Gasteiger partial charge in [-0.2, -0.15) is 8.42 Å². The Bertz CT molecular complexity index is 892. The summed E-state index contributed by atoms with van der Waals surface area (Å²) in [7, 11) is -2.31. The predicted octanol–water partition coefficient (Wildman–Crippen LogP) is 0.591. The lowest BCUT2D eigenvalue weighted by Gasteiger charge is -2.35. The van der Waals surface area contributed by atoms with Crippen molar-refractivity contribution in [2.75, 3.05) is 17.9 Å². The average Bonchev–Trinajstić information content (AvgIpc) is 2.86. The van der Waals surface area contributed by atoms with E-state index in [1.807, 2.05) is 7.05 Å². The van der Waals surface area contributed by atoms with Crippen LogP contribution in [0.3, 0.4) is 0 Å². The lowest BCUT2D eigenvalue weighted by atomic mass is 9.90. The maximum Gasteiger partial charge on any atom is 0.326 e. The molecule has 2 aliphatic rings. The number of hydrogen-bond donors (Lipinski definition) is 3. The number of aromatic hydroxyl groups is 1. The highest BCUT2D eigenvalue weighted by atomic mass is 32.2. The molecule has 0 atom stereocenters. The van der Waals surface area contributed by atoms with Crippen LogP contribution in [0.5, 0.6) is 5.75 Å². The molecule has 0 unspecified atom stereocenters. The third kappa shape index (κ3) is 4.78. The molecule has 0 spiro atoms. The lowest BCUT2D eigenvalue weighted by molar-refractivity contribution is -0.120. The number of benzene rings is 1. The highest BCUT2D eigenvalue weighted by molar-refractivity contribution is 7.92. The van der Waals surface area contributed by atoms with E-state index < -0.39 is 39.9 Å². The van der Waals surface area contributed by atoms with Gasteiger partial charge in [0.1, 0.15) is 18.0 Å². The highest BCUT2D eigenvalue weighted by Crippen LogP contribution is 2.35. The molecule has 3 N–H and O–H groups in total. The van der Waals surface area contributed by atoms with Gasteiger partial charge < -0.3 is 10.4 Å². The van der Waals surface area contributed by atoms with Crippen molar-refractivity contribution in [2.45, 2.75) is 51.2 Å². The van der Waals surface area contributed by atoms with Gasteiger partial charge in [-0.3, -0.25) is 14.5 Å². The molecule has 1 aliphatic heterocycles. The Kier molecular flexibility index (Phi) is 5.99. The molecule has 29 heavy (non-hydrogen) atoms. The first-order chi connectivity index (χ1) is 13.6. The summed E-state index contributed by atoms with van der Waals surface area (Å²) in [6.07, 6.45) is 3.49. The van der Waals surface area contributed by atoms with Crippen molar-refractivity contribution >= 4 is 27.7 Å². The summed E-state index contributed by atoms with van der Waals surface area (Å²) in [6.45, 7) is 1.29. The first kappa shape index (κ1) is 21.3. The largest absolute Gasteiger partial charge is 0.506 e. The zero-order chi connectivity index (χ0) is 21.3. The second-order valence-corrected chi connectivity index (χ2v) is 9.20. The molecule has 1 saturated heterocycles. The zero-order valence-electron chi connectivity index (χ0n) is 16.3. The normalized spacial score (nSPS) is 23.9. The van der Waals surface area contributed by atoms with Gasteiger partial charge in [-0.1, -0.05) is 0 Å². The van der Waals surface area contributed by atoms with Crippen LogP contribution in [0.4, 0.5) is 10.1 Å². The minimum Gasteiger partial charge on any atom is -0.506 e. The number of rotatable bonds is 5. The van der Waals surface area contributed by atoms with Crippen molar-refractivity contribution in [3.63, 3.8) is 0 Å². The third-order valence-corrected chi connectivity index (χ3v) is 6.71. The van der Waals surface area contributed by atoms with Gasteiger partial charge in [-0.05, 0) is 50.4 Å². The van der Waals surface area contributed by atoms with E-state index in [0.29, 0.717) is 16.4 Å². The molecule has 2 amide bonds. The minimum absolute atomic E-state index is 0.0373. The molecule has 1 aromatic rings. The van der Waals surface area contributed by atoms with Crippen LogP contribution < -0.4 is 14.3 Å². The van der Waals surface area contributed by atoms with E-state index in [-0.39, 0.29) is 18.0 Å². The first-order valence-electron chi connectivity index (χ1n) is 9.39. The molecule has 1 saturated carbocycles. The van der Waals surface area contributed by atoms with Gasteiger partial charge >= 0.3 is 10.2 Å². The third-order valence-electron chi connectivity index (χ3n) is 5.33. The fourth-order valence-electron chi connectivity index (χ4n) is 3.99. The number of phenols is 1. The number of amides is 2. The number of carbonyl (C=O) groups excluding carboxylic acids is 2. The second kappa shape index (κ2) is 8.15. The molecule has 1 heterocycles. The van der Waals surface area contributed by atoms with Crippen molar-refractivity contribution in [1.29, 1.82) is 0 Å². The van der Waals surface area contributed by atoms with Gasteiger partial charge in [0.2, 0.25) is 5.91 Å². The van der Waals surface area contributed by atoms with Crippen molar-refractivity contribution in [1.82, 2.24) is 14.9 Å². The number of carbonyl (C=O) groups is 2.